The third-order valence-corrected chi connectivity index (χ3v) is 6.47. The first-order chi connectivity index (χ1) is 11.8. The Morgan fingerprint density at radius 1 is 1.20 bits per heavy atom. The Labute approximate surface area is 151 Å². The molecule has 1 aromatic carbocycles. The Morgan fingerprint density at radius 2 is 1.84 bits per heavy atom. The highest BCUT2D eigenvalue weighted by Gasteiger charge is 2.33. The van der Waals surface area contributed by atoms with Crippen LogP contribution in [-0.4, -0.2) is 38.0 Å². The molecule has 0 saturated carbocycles. The van der Waals surface area contributed by atoms with Gasteiger partial charge in [-0.05, 0) is 43.0 Å². The minimum Gasteiger partial charge on any atom is -0.373 e. The highest BCUT2D eigenvalue weighted by Crippen LogP contribution is 2.28. The fourth-order valence-corrected chi connectivity index (χ4v) is 5.35. The van der Waals surface area contributed by atoms with Crippen LogP contribution in [0.1, 0.15) is 30.3 Å². The molecule has 0 radical (unpaired) electrons. The number of thiophene rings is 1. The third kappa shape index (κ3) is 4.45. The van der Waals surface area contributed by atoms with Crippen molar-refractivity contribution in [1.82, 2.24) is 9.03 Å². The van der Waals surface area contributed by atoms with Crippen LogP contribution in [0.25, 0.3) is 0 Å². The molecule has 3 atom stereocenters. The summed E-state index contributed by atoms with van der Waals surface area (Å²) in [4.78, 5) is 0.851. The van der Waals surface area contributed by atoms with Crippen LogP contribution in [-0.2, 0) is 14.9 Å². The quantitative estimate of drug-likeness (QED) is 0.862. The van der Waals surface area contributed by atoms with Crippen molar-refractivity contribution in [2.24, 2.45) is 0 Å². The second-order valence-electron chi connectivity index (χ2n) is 6.20. The van der Waals surface area contributed by atoms with Gasteiger partial charge in [-0.15, -0.1) is 11.3 Å². The van der Waals surface area contributed by atoms with Gasteiger partial charge in [-0.25, -0.2) is 4.39 Å². The number of benzene rings is 1. The van der Waals surface area contributed by atoms with E-state index in [4.69, 9.17) is 4.74 Å². The Morgan fingerprint density at radius 3 is 2.40 bits per heavy atom. The van der Waals surface area contributed by atoms with Crippen LogP contribution in [0.15, 0.2) is 41.8 Å². The first kappa shape index (κ1) is 18.5. The van der Waals surface area contributed by atoms with Gasteiger partial charge in [0.05, 0.1) is 18.2 Å². The molecule has 0 unspecified atom stereocenters. The molecule has 136 valence electrons. The molecule has 0 amide bonds. The Balaban J connectivity index is 1.88. The molecule has 2 aromatic rings. The average molecular weight is 384 g/mol. The van der Waals surface area contributed by atoms with Gasteiger partial charge in [-0.1, -0.05) is 18.2 Å². The van der Waals surface area contributed by atoms with Crippen molar-refractivity contribution in [1.29, 1.82) is 0 Å². The first-order valence-electron chi connectivity index (χ1n) is 8.07. The second-order valence-corrected chi connectivity index (χ2v) is 8.88. The second kappa shape index (κ2) is 7.51. The molecule has 3 rings (SSSR count). The molecule has 8 heteroatoms. The van der Waals surface area contributed by atoms with Gasteiger partial charge in [0.25, 0.3) is 10.2 Å². The van der Waals surface area contributed by atoms with E-state index < -0.39 is 16.3 Å². The number of morpholine rings is 1. The molecule has 25 heavy (non-hydrogen) atoms. The van der Waals surface area contributed by atoms with Crippen molar-refractivity contribution in [2.45, 2.75) is 32.1 Å². The summed E-state index contributed by atoms with van der Waals surface area (Å²) >= 11 is 1.45. The number of hydrogen-bond donors (Lipinski definition) is 1. The molecule has 1 aromatic heterocycles. The van der Waals surface area contributed by atoms with E-state index in [0.29, 0.717) is 18.7 Å². The van der Waals surface area contributed by atoms with Crippen LogP contribution in [0, 0.1) is 5.82 Å². The van der Waals surface area contributed by atoms with E-state index in [0.717, 1.165) is 4.88 Å². The van der Waals surface area contributed by atoms with Crippen LogP contribution in [0.5, 0.6) is 0 Å². The average Bonchev–Trinajstić information content (AvgIpc) is 3.07. The summed E-state index contributed by atoms with van der Waals surface area (Å²) in [7, 11) is -3.72. The molecule has 0 aliphatic carbocycles. The smallest absolute Gasteiger partial charge is 0.280 e. The molecule has 0 spiro atoms. The van der Waals surface area contributed by atoms with Crippen LogP contribution >= 0.6 is 11.3 Å². The Hall–Kier alpha value is -1.32. The Kier molecular flexibility index (Phi) is 5.55. The van der Waals surface area contributed by atoms with Gasteiger partial charge in [0, 0.05) is 18.0 Å². The van der Waals surface area contributed by atoms with E-state index in [9.17, 15) is 12.8 Å². The summed E-state index contributed by atoms with van der Waals surface area (Å²) in [5.74, 6) is -0.354. The predicted octanol–water partition coefficient (Wildman–Crippen LogP) is 2.92. The van der Waals surface area contributed by atoms with Crippen molar-refractivity contribution in [3.05, 3.63) is 58.0 Å². The number of nitrogens with one attached hydrogen (secondary N) is 1. The molecule has 1 aliphatic rings. The van der Waals surface area contributed by atoms with Gasteiger partial charge < -0.3 is 4.74 Å². The third-order valence-electron chi connectivity index (χ3n) is 4.02. The molecule has 1 fully saturated rings. The van der Waals surface area contributed by atoms with Crippen molar-refractivity contribution < 1.29 is 17.5 Å². The standard InChI is InChI=1S/C17H21FN2O3S2/c1-12-10-20(11-13(2)23-12)25(21,22)19-17(16-4-3-9-24-16)14-5-7-15(18)8-6-14/h3-9,12-13,17,19H,10-11H2,1-2H3/t12-,13+,17-/m1/s1. The monoisotopic (exact) mass is 384 g/mol. The largest absolute Gasteiger partial charge is 0.373 e. The lowest BCUT2D eigenvalue weighted by molar-refractivity contribution is -0.0444. The zero-order chi connectivity index (χ0) is 18.0. The molecular weight excluding hydrogens is 363 g/mol. The number of hydrogen-bond acceptors (Lipinski definition) is 4. The molecule has 1 saturated heterocycles. The van der Waals surface area contributed by atoms with Crippen molar-refractivity contribution in [3.63, 3.8) is 0 Å². The van der Waals surface area contributed by atoms with Crippen LogP contribution in [0.2, 0.25) is 0 Å². The van der Waals surface area contributed by atoms with Gasteiger partial charge in [0.15, 0.2) is 0 Å². The van der Waals surface area contributed by atoms with Gasteiger partial charge in [0.2, 0.25) is 0 Å². The zero-order valence-electron chi connectivity index (χ0n) is 14.1. The number of nitrogens with zero attached hydrogens (tertiary/aromatic N) is 1. The van der Waals surface area contributed by atoms with E-state index in [1.54, 1.807) is 12.1 Å². The van der Waals surface area contributed by atoms with Crippen molar-refractivity contribution in [3.8, 4) is 0 Å². The van der Waals surface area contributed by atoms with Gasteiger partial charge in [-0.3, -0.25) is 0 Å². The van der Waals surface area contributed by atoms with E-state index in [-0.39, 0.29) is 18.0 Å². The fourth-order valence-electron chi connectivity index (χ4n) is 2.95. The van der Waals surface area contributed by atoms with E-state index >= 15 is 0 Å². The summed E-state index contributed by atoms with van der Waals surface area (Å²) in [6, 6.07) is 9.06. The lowest BCUT2D eigenvalue weighted by atomic mass is 10.1. The molecule has 5 nitrogen and oxygen atoms in total. The van der Waals surface area contributed by atoms with Gasteiger partial charge >= 0.3 is 0 Å². The van der Waals surface area contributed by atoms with E-state index in [1.807, 2.05) is 31.4 Å². The summed E-state index contributed by atoms with van der Waals surface area (Å²) in [6.07, 6.45) is -0.322. The molecule has 1 N–H and O–H groups in total. The predicted molar refractivity (Wildman–Crippen MR) is 96.2 cm³/mol. The lowest BCUT2D eigenvalue weighted by Crippen LogP contribution is -2.52. The van der Waals surface area contributed by atoms with Gasteiger partial charge in [-0.2, -0.15) is 17.4 Å². The topological polar surface area (TPSA) is 58.6 Å². The van der Waals surface area contributed by atoms with Gasteiger partial charge in [0.1, 0.15) is 5.82 Å². The summed E-state index contributed by atoms with van der Waals surface area (Å²) in [6.45, 7) is 4.32. The maximum atomic E-state index is 13.2. The van der Waals surface area contributed by atoms with Crippen LogP contribution in [0.3, 0.4) is 0 Å². The maximum absolute atomic E-state index is 13.2. The fraction of sp³-hybridized carbons (Fsp3) is 0.412. The number of rotatable bonds is 5. The van der Waals surface area contributed by atoms with Crippen molar-refractivity contribution in [2.75, 3.05) is 13.1 Å². The minimum absolute atomic E-state index is 0.161. The molecular formula is C17H21FN2O3S2. The maximum Gasteiger partial charge on any atom is 0.280 e. The van der Waals surface area contributed by atoms with E-state index in [2.05, 4.69) is 4.72 Å². The van der Waals surface area contributed by atoms with Crippen LogP contribution in [0.4, 0.5) is 4.39 Å². The van der Waals surface area contributed by atoms with Crippen LogP contribution < -0.4 is 4.72 Å². The minimum atomic E-state index is -3.72. The number of ether oxygens (including phenoxy) is 1. The summed E-state index contributed by atoms with van der Waals surface area (Å²) in [5, 5.41) is 1.89. The highest BCUT2D eigenvalue weighted by atomic mass is 32.2. The lowest BCUT2D eigenvalue weighted by Gasteiger charge is -2.35. The first-order valence-corrected chi connectivity index (χ1v) is 10.4. The van der Waals surface area contributed by atoms with Crippen molar-refractivity contribution >= 4 is 21.5 Å². The highest BCUT2D eigenvalue weighted by molar-refractivity contribution is 7.87. The molecule has 2 heterocycles. The Bertz CT molecular complexity index is 784. The van der Waals surface area contributed by atoms with E-state index in [1.165, 1.54) is 27.8 Å². The molecule has 0 bridgehead atoms. The normalized spacial score (nSPS) is 23.5. The SMILES string of the molecule is C[C@@H]1CN(S(=O)(=O)N[C@H](c2ccc(F)cc2)c2cccs2)C[C@H](C)O1. The number of halogens is 1. The summed E-state index contributed by atoms with van der Waals surface area (Å²) < 4.78 is 48.9. The molecule has 1 aliphatic heterocycles. The zero-order valence-corrected chi connectivity index (χ0v) is 15.7. The summed E-state index contributed by atoms with van der Waals surface area (Å²) in [5.41, 5.74) is 0.696.